The third-order valence-electron chi connectivity index (χ3n) is 5.77. The highest BCUT2D eigenvalue weighted by Crippen LogP contribution is 2.31. The van der Waals surface area contributed by atoms with Crippen molar-refractivity contribution in [3.8, 4) is 11.5 Å². The number of ether oxygens (including phenoxy) is 2. The number of amides is 1. The number of aromatic nitrogens is 1. The molecule has 2 aliphatic heterocycles. The Morgan fingerprint density at radius 3 is 2.71 bits per heavy atom. The van der Waals surface area contributed by atoms with Crippen molar-refractivity contribution in [2.45, 2.75) is 6.92 Å². The van der Waals surface area contributed by atoms with Gasteiger partial charge in [0.15, 0.2) is 16.6 Å². The Hall–Kier alpha value is -2.84. The minimum absolute atomic E-state index is 0.0829. The Morgan fingerprint density at radius 2 is 1.90 bits per heavy atom. The maximum absolute atomic E-state index is 12.5. The summed E-state index contributed by atoms with van der Waals surface area (Å²) in [7, 11) is 0. The number of hydrogen-bond donors (Lipinski definition) is 1. The number of carbonyl (C=O) groups is 1. The third-order valence-corrected chi connectivity index (χ3v) is 6.85. The number of hydrogen-bond acceptors (Lipinski definition) is 7. The Labute approximate surface area is 185 Å². The molecule has 0 spiro atoms. The molecule has 1 amide bonds. The lowest BCUT2D eigenvalue weighted by Crippen LogP contribution is -2.48. The number of nitrogens with one attached hydrogen (secondary N) is 1. The van der Waals surface area contributed by atoms with Gasteiger partial charge in [-0.15, -0.1) is 0 Å². The summed E-state index contributed by atoms with van der Waals surface area (Å²) in [4.78, 5) is 22.1. The summed E-state index contributed by atoms with van der Waals surface area (Å²) in [6, 6.07) is 11.7. The van der Waals surface area contributed by atoms with Crippen LogP contribution in [0.5, 0.6) is 11.5 Å². The van der Waals surface area contributed by atoms with Gasteiger partial charge >= 0.3 is 0 Å². The first-order valence-electron chi connectivity index (χ1n) is 10.7. The van der Waals surface area contributed by atoms with Crippen molar-refractivity contribution >= 4 is 32.6 Å². The van der Waals surface area contributed by atoms with Crippen molar-refractivity contribution < 1.29 is 14.3 Å². The van der Waals surface area contributed by atoms with E-state index in [9.17, 15) is 4.79 Å². The number of carbonyl (C=O) groups excluding carboxylic acids is 1. The van der Waals surface area contributed by atoms with Gasteiger partial charge < -0.3 is 19.7 Å². The average molecular weight is 439 g/mol. The largest absolute Gasteiger partial charge is 0.486 e. The van der Waals surface area contributed by atoms with E-state index < -0.39 is 0 Å². The number of benzene rings is 2. The first-order valence-corrected chi connectivity index (χ1v) is 11.5. The Bertz CT molecular complexity index is 1090. The zero-order chi connectivity index (χ0) is 21.2. The zero-order valence-electron chi connectivity index (χ0n) is 17.6. The molecule has 162 valence electrons. The summed E-state index contributed by atoms with van der Waals surface area (Å²) in [5.41, 5.74) is 2.94. The smallest absolute Gasteiger partial charge is 0.251 e. The second-order valence-corrected chi connectivity index (χ2v) is 8.87. The van der Waals surface area contributed by atoms with E-state index in [1.807, 2.05) is 0 Å². The number of rotatable bonds is 5. The van der Waals surface area contributed by atoms with Crippen molar-refractivity contribution in [2.24, 2.45) is 0 Å². The van der Waals surface area contributed by atoms with Crippen molar-refractivity contribution in [3.63, 3.8) is 0 Å². The monoisotopic (exact) mass is 438 g/mol. The Kier molecular flexibility index (Phi) is 5.65. The molecule has 31 heavy (non-hydrogen) atoms. The fraction of sp³-hybridized carbons (Fsp3) is 0.391. The number of thiazole rings is 1. The molecular formula is C23H26N4O3S. The molecule has 2 aromatic carbocycles. The maximum Gasteiger partial charge on any atom is 0.251 e. The molecule has 1 aromatic heterocycles. The van der Waals surface area contributed by atoms with Crippen molar-refractivity contribution in [2.75, 3.05) is 57.4 Å². The van der Waals surface area contributed by atoms with E-state index in [1.54, 1.807) is 29.5 Å². The highest BCUT2D eigenvalue weighted by molar-refractivity contribution is 7.22. The number of fused-ring (bicyclic) bond motifs is 2. The van der Waals surface area contributed by atoms with Crippen molar-refractivity contribution in [3.05, 3.63) is 47.5 Å². The second-order valence-electron chi connectivity index (χ2n) is 7.86. The van der Waals surface area contributed by atoms with E-state index in [4.69, 9.17) is 14.5 Å². The number of para-hydroxylation sites is 1. The quantitative estimate of drug-likeness (QED) is 0.661. The van der Waals surface area contributed by atoms with Crippen LogP contribution < -0.4 is 19.7 Å². The van der Waals surface area contributed by atoms with Crippen LogP contribution in [0.15, 0.2) is 36.4 Å². The van der Waals surface area contributed by atoms with E-state index in [-0.39, 0.29) is 5.91 Å². The van der Waals surface area contributed by atoms with Crippen molar-refractivity contribution in [1.82, 2.24) is 15.2 Å². The van der Waals surface area contributed by atoms with Gasteiger partial charge in [0.25, 0.3) is 5.91 Å². The highest BCUT2D eigenvalue weighted by Gasteiger charge is 2.20. The van der Waals surface area contributed by atoms with Crippen LogP contribution >= 0.6 is 11.3 Å². The molecule has 0 aliphatic carbocycles. The molecule has 0 bridgehead atoms. The second kappa shape index (κ2) is 8.72. The van der Waals surface area contributed by atoms with Crippen LogP contribution in [-0.2, 0) is 0 Å². The standard InChI is InChI=1S/C23H26N4O3S/c1-16-3-2-4-20-21(16)25-23(31-20)27-11-9-26(10-12-27)8-7-24-22(28)17-5-6-18-19(15-17)30-14-13-29-18/h2-6,15H,7-14H2,1H3,(H,24,28). The zero-order valence-corrected chi connectivity index (χ0v) is 18.4. The van der Waals surface area contributed by atoms with Crippen LogP contribution in [0.2, 0.25) is 0 Å². The molecule has 3 aromatic rings. The molecule has 0 unspecified atom stereocenters. The van der Waals surface area contributed by atoms with Crippen LogP contribution in [0, 0.1) is 6.92 Å². The van der Waals surface area contributed by atoms with E-state index in [2.05, 4.69) is 40.2 Å². The fourth-order valence-electron chi connectivity index (χ4n) is 3.99. The Balaban J connectivity index is 1.10. The molecule has 8 heteroatoms. The lowest BCUT2D eigenvalue weighted by molar-refractivity contribution is 0.0946. The molecule has 0 atom stereocenters. The predicted molar refractivity (Wildman–Crippen MR) is 123 cm³/mol. The van der Waals surface area contributed by atoms with Gasteiger partial charge in [-0.1, -0.05) is 23.5 Å². The first-order chi connectivity index (χ1) is 15.2. The summed E-state index contributed by atoms with van der Waals surface area (Å²) in [6.07, 6.45) is 0. The molecule has 3 heterocycles. The van der Waals surface area contributed by atoms with Gasteiger partial charge in [0.1, 0.15) is 13.2 Å². The summed E-state index contributed by atoms with van der Waals surface area (Å²) >= 11 is 1.77. The molecule has 7 nitrogen and oxygen atoms in total. The summed E-state index contributed by atoms with van der Waals surface area (Å²) in [5.74, 6) is 1.25. The number of nitrogens with zero attached hydrogens (tertiary/aromatic N) is 3. The van der Waals surface area contributed by atoms with Gasteiger partial charge in [0, 0.05) is 44.8 Å². The van der Waals surface area contributed by atoms with E-state index >= 15 is 0 Å². The minimum Gasteiger partial charge on any atom is -0.486 e. The molecule has 1 N–H and O–H groups in total. The maximum atomic E-state index is 12.5. The van der Waals surface area contributed by atoms with Gasteiger partial charge in [0.05, 0.1) is 10.2 Å². The van der Waals surface area contributed by atoms with Crippen LogP contribution in [0.4, 0.5) is 5.13 Å². The number of piperazine rings is 1. The minimum atomic E-state index is -0.0829. The highest BCUT2D eigenvalue weighted by atomic mass is 32.1. The topological polar surface area (TPSA) is 66.9 Å². The number of aryl methyl sites for hydroxylation is 1. The Morgan fingerprint density at radius 1 is 1.10 bits per heavy atom. The van der Waals surface area contributed by atoms with Crippen LogP contribution in [0.1, 0.15) is 15.9 Å². The molecule has 0 radical (unpaired) electrons. The first kappa shape index (κ1) is 20.1. The normalized spacial score (nSPS) is 16.5. The molecule has 5 rings (SSSR count). The van der Waals surface area contributed by atoms with E-state index in [1.165, 1.54) is 10.3 Å². The van der Waals surface area contributed by atoms with Gasteiger partial charge in [-0.2, -0.15) is 0 Å². The van der Waals surface area contributed by atoms with Crippen molar-refractivity contribution in [1.29, 1.82) is 0 Å². The van der Waals surface area contributed by atoms with E-state index in [0.29, 0.717) is 36.8 Å². The lowest BCUT2D eigenvalue weighted by atomic mass is 10.2. The molecular weight excluding hydrogens is 412 g/mol. The van der Waals surface area contributed by atoms with Crippen LogP contribution in [0.3, 0.4) is 0 Å². The summed E-state index contributed by atoms with van der Waals surface area (Å²) in [6.45, 7) is 8.47. The molecule has 2 aliphatic rings. The van der Waals surface area contributed by atoms with E-state index in [0.717, 1.165) is 43.4 Å². The van der Waals surface area contributed by atoms with Gasteiger partial charge in [0.2, 0.25) is 0 Å². The number of anilines is 1. The predicted octanol–water partition coefficient (Wildman–Crippen LogP) is 2.93. The lowest BCUT2D eigenvalue weighted by Gasteiger charge is -2.34. The third kappa shape index (κ3) is 4.31. The van der Waals surface area contributed by atoms with Crippen LogP contribution in [0.25, 0.3) is 10.2 Å². The molecule has 0 saturated carbocycles. The fourth-order valence-corrected chi connectivity index (χ4v) is 5.08. The summed E-state index contributed by atoms with van der Waals surface area (Å²) in [5, 5.41) is 4.13. The average Bonchev–Trinajstić information content (AvgIpc) is 3.25. The molecule has 1 fully saturated rings. The SMILES string of the molecule is Cc1cccc2sc(N3CCN(CCNC(=O)c4ccc5c(c4)OCCO5)CC3)nc12. The summed E-state index contributed by atoms with van der Waals surface area (Å²) < 4.78 is 12.3. The van der Waals surface area contributed by atoms with Crippen LogP contribution in [-0.4, -0.2) is 68.3 Å². The van der Waals surface area contributed by atoms with Gasteiger partial charge in [-0.3, -0.25) is 9.69 Å². The molecule has 1 saturated heterocycles. The van der Waals surface area contributed by atoms with Gasteiger partial charge in [-0.05, 0) is 36.8 Å². The van der Waals surface area contributed by atoms with Gasteiger partial charge in [-0.25, -0.2) is 4.98 Å².